The highest BCUT2D eigenvalue weighted by atomic mass is 19.1. The summed E-state index contributed by atoms with van der Waals surface area (Å²) in [5.74, 6) is 0.948. The van der Waals surface area contributed by atoms with Crippen LogP contribution in [-0.4, -0.2) is 18.7 Å². The SMILES string of the molecule is CC(C)C(CNC1CC1)Oc1ccc(F)cc1. The summed E-state index contributed by atoms with van der Waals surface area (Å²) in [5.41, 5.74) is 0. The molecule has 1 aliphatic rings. The van der Waals surface area contributed by atoms with Crippen LogP contribution in [0.3, 0.4) is 0 Å². The molecule has 0 spiro atoms. The molecular formula is C14H20FNO. The molecule has 0 heterocycles. The molecular weight excluding hydrogens is 217 g/mol. The Hall–Kier alpha value is -1.09. The minimum atomic E-state index is -0.227. The zero-order chi connectivity index (χ0) is 12.3. The lowest BCUT2D eigenvalue weighted by atomic mass is 10.1. The Morgan fingerprint density at radius 2 is 1.94 bits per heavy atom. The van der Waals surface area contributed by atoms with Gasteiger partial charge in [0.15, 0.2) is 0 Å². The van der Waals surface area contributed by atoms with Crippen LogP contribution in [-0.2, 0) is 0 Å². The van der Waals surface area contributed by atoms with Gasteiger partial charge in [-0.05, 0) is 43.0 Å². The van der Waals surface area contributed by atoms with Crippen LogP contribution in [0.15, 0.2) is 24.3 Å². The van der Waals surface area contributed by atoms with Gasteiger partial charge in [0.2, 0.25) is 0 Å². The van der Waals surface area contributed by atoms with Crippen LogP contribution in [0.1, 0.15) is 26.7 Å². The average molecular weight is 237 g/mol. The second-order valence-electron chi connectivity index (χ2n) is 5.04. The van der Waals surface area contributed by atoms with E-state index in [9.17, 15) is 4.39 Å². The molecule has 0 aliphatic heterocycles. The summed E-state index contributed by atoms with van der Waals surface area (Å²) in [6.07, 6.45) is 2.70. The third-order valence-electron chi connectivity index (χ3n) is 3.03. The van der Waals surface area contributed by atoms with Gasteiger partial charge >= 0.3 is 0 Å². The summed E-state index contributed by atoms with van der Waals surface area (Å²) in [4.78, 5) is 0. The molecule has 2 nitrogen and oxygen atoms in total. The van der Waals surface area contributed by atoms with Gasteiger partial charge in [-0.1, -0.05) is 13.8 Å². The zero-order valence-electron chi connectivity index (χ0n) is 10.4. The minimum Gasteiger partial charge on any atom is -0.489 e. The van der Waals surface area contributed by atoms with Gasteiger partial charge in [0.1, 0.15) is 17.7 Å². The van der Waals surface area contributed by atoms with Gasteiger partial charge in [-0.2, -0.15) is 0 Å². The molecule has 1 aliphatic carbocycles. The van der Waals surface area contributed by atoms with Crippen LogP contribution >= 0.6 is 0 Å². The average Bonchev–Trinajstić information content (AvgIpc) is 3.10. The molecule has 1 unspecified atom stereocenters. The van der Waals surface area contributed by atoms with Crippen LogP contribution in [0.5, 0.6) is 5.75 Å². The molecule has 1 aromatic carbocycles. The van der Waals surface area contributed by atoms with E-state index >= 15 is 0 Å². The Morgan fingerprint density at radius 1 is 1.29 bits per heavy atom. The van der Waals surface area contributed by atoms with Crippen molar-refractivity contribution >= 4 is 0 Å². The third-order valence-corrected chi connectivity index (χ3v) is 3.03. The number of nitrogens with one attached hydrogen (secondary N) is 1. The fourth-order valence-electron chi connectivity index (χ4n) is 1.67. The molecule has 0 saturated heterocycles. The first kappa shape index (κ1) is 12.4. The lowest BCUT2D eigenvalue weighted by molar-refractivity contribution is 0.148. The van der Waals surface area contributed by atoms with Gasteiger partial charge in [-0.15, -0.1) is 0 Å². The Balaban J connectivity index is 1.88. The highest BCUT2D eigenvalue weighted by Crippen LogP contribution is 2.20. The topological polar surface area (TPSA) is 21.3 Å². The number of rotatable bonds is 6. The first-order chi connectivity index (χ1) is 8.15. The van der Waals surface area contributed by atoms with Crippen molar-refractivity contribution in [2.75, 3.05) is 6.54 Å². The summed E-state index contributed by atoms with van der Waals surface area (Å²) in [6, 6.07) is 6.92. The van der Waals surface area contributed by atoms with Crippen LogP contribution in [0.25, 0.3) is 0 Å². The summed E-state index contributed by atoms with van der Waals surface area (Å²) in [5, 5.41) is 3.47. The molecule has 0 aromatic heterocycles. The van der Waals surface area contributed by atoms with E-state index in [-0.39, 0.29) is 11.9 Å². The van der Waals surface area contributed by atoms with E-state index in [0.717, 1.165) is 12.3 Å². The van der Waals surface area contributed by atoms with E-state index in [1.54, 1.807) is 12.1 Å². The van der Waals surface area contributed by atoms with Crippen molar-refractivity contribution in [1.29, 1.82) is 0 Å². The van der Waals surface area contributed by atoms with Crippen molar-refractivity contribution in [3.05, 3.63) is 30.1 Å². The highest BCUT2D eigenvalue weighted by Gasteiger charge is 2.23. The van der Waals surface area contributed by atoms with Crippen molar-refractivity contribution < 1.29 is 9.13 Å². The molecule has 0 bridgehead atoms. The van der Waals surface area contributed by atoms with Crippen LogP contribution in [0.4, 0.5) is 4.39 Å². The fraction of sp³-hybridized carbons (Fsp3) is 0.571. The van der Waals surface area contributed by atoms with Crippen LogP contribution < -0.4 is 10.1 Å². The lowest BCUT2D eigenvalue weighted by Gasteiger charge is -2.23. The van der Waals surface area contributed by atoms with Crippen molar-refractivity contribution in [1.82, 2.24) is 5.32 Å². The maximum Gasteiger partial charge on any atom is 0.123 e. The number of benzene rings is 1. The van der Waals surface area contributed by atoms with E-state index < -0.39 is 0 Å². The maximum absolute atomic E-state index is 12.8. The van der Waals surface area contributed by atoms with Gasteiger partial charge in [-0.3, -0.25) is 0 Å². The molecule has 94 valence electrons. The molecule has 1 N–H and O–H groups in total. The van der Waals surface area contributed by atoms with Crippen LogP contribution in [0.2, 0.25) is 0 Å². The first-order valence-electron chi connectivity index (χ1n) is 6.31. The minimum absolute atomic E-state index is 0.140. The Labute approximate surface area is 102 Å². The summed E-state index contributed by atoms with van der Waals surface area (Å²) < 4.78 is 18.7. The third kappa shape index (κ3) is 4.00. The van der Waals surface area contributed by atoms with E-state index in [4.69, 9.17) is 4.74 Å². The van der Waals surface area contributed by atoms with E-state index in [2.05, 4.69) is 19.2 Å². The van der Waals surface area contributed by atoms with Gasteiger partial charge in [0, 0.05) is 12.6 Å². The fourth-order valence-corrected chi connectivity index (χ4v) is 1.67. The molecule has 17 heavy (non-hydrogen) atoms. The molecule has 1 aromatic rings. The maximum atomic E-state index is 12.8. The Kier molecular flexibility index (Phi) is 4.00. The molecule has 1 fully saturated rings. The quantitative estimate of drug-likeness (QED) is 0.821. The number of hydrogen-bond donors (Lipinski definition) is 1. The lowest BCUT2D eigenvalue weighted by Crippen LogP contribution is -2.36. The van der Waals surface area contributed by atoms with Gasteiger partial charge in [0.25, 0.3) is 0 Å². The van der Waals surface area contributed by atoms with Crippen molar-refractivity contribution in [3.63, 3.8) is 0 Å². The molecule has 2 rings (SSSR count). The smallest absolute Gasteiger partial charge is 0.123 e. The second kappa shape index (κ2) is 5.50. The van der Waals surface area contributed by atoms with Crippen molar-refractivity contribution in [2.45, 2.75) is 38.8 Å². The monoisotopic (exact) mass is 237 g/mol. The summed E-state index contributed by atoms with van der Waals surface area (Å²) in [7, 11) is 0. The van der Waals surface area contributed by atoms with Crippen molar-refractivity contribution in [2.24, 2.45) is 5.92 Å². The summed E-state index contributed by atoms with van der Waals surface area (Å²) in [6.45, 7) is 5.14. The number of halogens is 1. The summed E-state index contributed by atoms with van der Waals surface area (Å²) >= 11 is 0. The van der Waals surface area contributed by atoms with Gasteiger partial charge in [-0.25, -0.2) is 4.39 Å². The first-order valence-corrected chi connectivity index (χ1v) is 6.31. The Bertz CT molecular complexity index is 346. The van der Waals surface area contributed by atoms with Crippen molar-refractivity contribution in [3.8, 4) is 5.75 Å². The largest absolute Gasteiger partial charge is 0.489 e. The molecule has 3 heteroatoms. The van der Waals surface area contributed by atoms with E-state index in [0.29, 0.717) is 12.0 Å². The van der Waals surface area contributed by atoms with Gasteiger partial charge < -0.3 is 10.1 Å². The van der Waals surface area contributed by atoms with Gasteiger partial charge in [0.05, 0.1) is 0 Å². The van der Waals surface area contributed by atoms with E-state index in [1.165, 1.54) is 25.0 Å². The molecule has 0 amide bonds. The number of hydrogen-bond acceptors (Lipinski definition) is 2. The molecule has 1 atom stereocenters. The van der Waals surface area contributed by atoms with E-state index in [1.807, 2.05) is 0 Å². The predicted octanol–water partition coefficient (Wildman–Crippen LogP) is 2.98. The molecule has 1 saturated carbocycles. The highest BCUT2D eigenvalue weighted by molar-refractivity contribution is 5.22. The normalized spacial score (nSPS) is 17.2. The van der Waals surface area contributed by atoms with Crippen LogP contribution in [0, 0.1) is 11.7 Å². The standard InChI is InChI=1S/C14H20FNO/c1-10(2)14(9-16-12-5-6-12)17-13-7-3-11(15)4-8-13/h3-4,7-8,10,12,14,16H,5-6,9H2,1-2H3. The predicted molar refractivity (Wildman–Crippen MR) is 66.7 cm³/mol. The molecule has 0 radical (unpaired) electrons. The number of ether oxygens (including phenoxy) is 1. The second-order valence-corrected chi connectivity index (χ2v) is 5.04. The zero-order valence-corrected chi connectivity index (χ0v) is 10.4. The Morgan fingerprint density at radius 3 is 2.47 bits per heavy atom.